The highest BCUT2D eigenvalue weighted by atomic mass is 19.1. The van der Waals surface area contributed by atoms with Crippen molar-refractivity contribution in [1.29, 1.82) is 0 Å². The minimum atomic E-state index is -1.26. The summed E-state index contributed by atoms with van der Waals surface area (Å²) in [7, 11) is 5.10. The van der Waals surface area contributed by atoms with Crippen molar-refractivity contribution in [3.8, 4) is 5.75 Å². The molecule has 1 unspecified atom stereocenters. The van der Waals surface area contributed by atoms with E-state index in [4.69, 9.17) is 9.57 Å². The van der Waals surface area contributed by atoms with Crippen LogP contribution >= 0.6 is 0 Å². The van der Waals surface area contributed by atoms with Crippen LogP contribution in [0.3, 0.4) is 0 Å². The lowest BCUT2D eigenvalue weighted by Crippen LogP contribution is -2.46. The zero-order valence-corrected chi connectivity index (χ0v) is 20.2. The molecule has 0 fully saturated rings. The lowest BCUT2D eigenvalue weighted by Gasteiger charge is -2.22. The molecule has 1 N–H and O–H groups in total. The van der Waals surface area contributed by atoms with Crippen LogP contribution in [0.25, 0.3) is 0 Å². The molecular formula is C23H33FN4O5. The predicted molar refractivity (Wildman–Crippen MR) is 124 cm³/mol. The molecule has 0 radical (unpaired) electrons. The first-order chi connectivity index (χ1) is 15.5. The zero-order valence-electron chi connectivity index (χ0n) is 20.2. The van der Waals surface area contributed by atoms with E-state index in [1.807, 2.05) is 25.9 Å². The molecule has 0 spiro atoms. The van der Waals surface area contributed by atoms with E-state index in [1.54, 1.807) is 20.8 Å². The fraction of sp³-hybridized carbons (Fsp3) is 0.522. The molecule has 0 aliphatic rings. The topological polar surface area (TPSA) is 98.3 Å². The highest BCUT2D eigenvalue weighted by molar-refractivity contribution is 5.97. The molecule has 0 aliphatic heterocycles. The van der Waals surface area contributed by atoms with Crippen molar-refractivity contribution >= 4 is 5.71 Å². The number of aromatic nitrogens is 2. The molecule has 9 nitrogen and oxygen atoms in total. The Bertz CT molecular complexity index is 1110. The molecule has 2 rings (SSSR count). The van der Waals surface area contributed by atoms with Gasteiger partial charge in [-0.25, -0.2) is 9.18 Å². The third kappa shape index (κ3) is 6.52. The Morgan fingerprint density at radius 3 is 2.45 bits per heavy atom. The second-order valence-corrected chi connectivity index (χ2v) is 8.44. The van der Waals surface area contributed by atoms with Gasteiger partial charge in [0.25, 0.3) is 5.56 Å². The normalized spacial score (nSPS) is 14.0. The molecule has 182 valence electrons. The summed E-state index contributed by atoms with van der Waals surface area (Å²) >= 11 is 0. The van der Waals surface area contributed by atoms with Gasteiger partial charge in [0.1, 0.15) is 23.8 Å². The minimum Gasteiger partial charge on any atom is -0.496 e. The zero-order chi connectivity index (χ0) is 24.9. The van der Waals surface area contributed by atoms with Crippen LogP contribution < -0.4 is 16.0 Å². The number of rotatable bonds is 10. The van der Waals surface area contributed by atoms with E-state index in [9.17, 15) is 19.1 Å². The van der Waals surface area contributed by atoms with Crippen LogP contribution in [0, 0.1) is 5.82 Å². The Morgan fingerprint density at radius 2 is 1.88 bits per heavy atom. The van der Waals surface area contributed by atoms with Gasteiger partial charge in [0.05, 0.1) is 24.9 Å². The summed E-state index contributed by atoms with van der Waals surface area (Å²) in [6, 6.07) is 3.66. The van der Waals surface area contributed by atoms with E-state index in [2.05, 4.69) is 5.16 Å². The number of benzene rings is 1. The number of oxime groups is 1. The van der Waals surface area contributed by atoms with Crippen molar-refractivity contribution in [3.05, 3.63) is 62.2 Å². The van der Waals surface area contributed by atoms with Crippen molar-refractivity contribution < 1.29 is 19.1 Å². The number of likely N-dealkylation sites (N-methyl/N-ethyl adjacent to an activating group) is 1. The lowest BCUT2D eigenvalue weighted by molar-refractivity contribution is 0.0859. The van der Waals surface area contributed by atoms with E-state index in [-0.39, 0.29) is 42.1 Å². The van der Waals surface area contributed by atoms with E-state index >= 15 is 0 Å². The lowest BCUT2D eigenvalue weighted by atomic mass is 10.1. The van der Waals surface area contributed by atoms with Crippen LogP contribution in [0.4, 0.5) is 4.39 Å². The molecule has 2 atom stereocenters. The van der Waals surface area contributed by atoms with Crippen LogP contribution in [-0.4, -0.2) is 58.2 Å². The molecule has 10 heteroatoms. The van der Waals surface area contributed by atoms with Gasteiger partial charge in [-0.3, -0.25) is 13.9 Å². The second-order valence-electron chi connectivity index (χ2n) is 8.44. The average molecular weight is 465 g/mol. The summed E-state index contributed by atoms with van der Waals surface area (Å²) in [5.74, 6) is -0.258. The number of aliphatic hydroxyl groups excluding tert-OH is 1. The maximum absolute atomic E-state index is 13.8. The van der Waals surface area contributed by atoms with Crippen LogP contribution in [0.1, 0.15) is 44.9 Å². The van der Waals surface area contributed by atoms with Crippen LogP contribution in [0.15, 0.2) is 39.1 Å². The first kappa shape index (κ1) is 26.3. The molecule has 0 aliphatic carbocycles. The molecule has 0 bridgehead atoms. The molecule has 0 saturated carbocycles. The smallest absolute Gasteiger partial charge is 0.331 e. The highest BCUT2D eigenvalue weighted by Gasteiger charge is 2.21. The largest absolute Gasteiger partial charge is 0.496 e. The van der Waals surface area contributed by atoms with Crippen molar-refractivity contribution in [1.82, 2.24) is 14.0 Å². The monoisotopic (exact) mass is 464 g/mol. The number of halogens is 1. The van der Waals surface area contributed by atoms with Crippen molar-refractivity contribution in [2.75, 3.05) is 21.2 Å². The Labute approximate surface area is 192 Å². The Hall–Kier alpha value is -2.98. The first-order valence-electron chi connectivity index (χ1n) is 10.7. The van der Waals surface area contributed by atoms with Gasteiger partial charge in [-0.2, -0.15) is 0 Å². The Morgan fingerprint density at radius 1 is 1.21 bits per heavy atom. The van der Waals surface area contributed by atoms with Crippen molar-refractivity contribution in [2.24, 2.45) is 5.16 Å². The number of aliphatic hydroxyl groups is 1. The third-order valence-electron chi connectivity index (χ3n) is 5.28. The quantitative estimate of drug-likeness (QED) is 0.427. The molecule has 2 aromatic rings. The summed E-state index contributed by atoms with van der Waals surface area (Å²) in [6.07, 6.45) is -0.106. The summed E-state index contributed by atoms with van der Waals surface area (Å²) in [6.45, 7) is 7.02. The van der Waals surface area contributed by atoms with Crippen molar-refractivity contribution in [2.45, 2.75) is 59.0 Å². The number of methoxy groups -OCH3 is 1. The van der Waals surface area contributed by atoms with Crippen molar-refractivity contribution in [3.63, 3.8) is 0 Å². The SMILES string of the molecule is COc1ccc(F)cc1C(O)Cn1cc(/C(C)=N/OC(C)C)c(=O)n(C[C@H](C)N(C)C)c1=O. The van der Waals surface area contributed by atoms with Gasteiger partial charge < -0.3 is 19.6 Å². The van der Waals surface area contributed by atoms with Crippen LogP contribution in [-0.2, 0) is 17.9 Å². The van der Waals surface area contributed by atoms with Gasteiger partial charge in [0, 0.05) is 24.3 Å². The van der Waals surface area contributed by atoms with E-state index in [0.29, 0.717) is 5.71 Å². The van der Waals surface area contributed by atoms with Gasteiger partial charge in [-0.1, -0.05) is 5.16 Å². The fourth-order valence-corrected chi connectivity index (χ4v) is 3.11. The molecule has 1 heterocycles. The predicted octanol–water partition coefficient (Wildman–Crippen LogP) is 1.99. The Kier molecular flexibility index (Phi) is 8.95. The number of hydrogen-bond acceptors (Lipinski definition) is 7. The van der Waals surface area contributed by atoms with Crippen LogP contribution in [0.5, 0.6) is 5.75 Å². The van der Waals surface area contributed by atoms with Gasteiger partial charge in [0.2, 0.25) is 0 Å². The first-order valence-corrected chi connectivity index (χ1v) is 10.7. The third-order valence-corrected chi connectivity index (χ3v) is 5.28. The van der Waals surface area contributed by atoms with Gasteiger partial charge >= 0.3 is 5.69 Å². The molecule has 33 heavy (non-hydrogen) atoms. The van der Waals surface area contributed by atoms with Gasteiger partial charge in [-0.15, -0.1) is 0 Å². The molecule has 0 saturated heterocycles. The standard InChI is InChI=1S/C23H33FN4O5/c1-14(2)33-25-16(4)19-12-27(23(31)28(22(19)30)11-15(3)26(5)6)13-20(29)18-10-17(24)8-9-21(18)32-7/h8-10,12,14-15,20,29H,11,13H2,1-7H3/b25-16+/t15-,20?/m0/s1. The summed E-state index contributed by atoms with van der Waals surface area (Å²) in [5, 5.41) is 14.8. The molecule has 1 aromatic heterocycles. The molecule has 0 amide bonds. The Balaban J connectivity index is 2.60. The maximum atomic E-state index is 13.8. The molecule has 1 aromatic carbocycles. The minimum absolute atomic E-state index is 0.114. The second kappa shape index (κ2) is 11.2. The maximum Gasteiger partial charge on any atom is 0.331 e. The van der Waals surface area contributed by atoms with E-state index in [0.717, 1.165) is 10.6 Å². The van der Waals surface area contributed by atoms with E-state index < -0.39 is 23.2 Å². The van der Waals surface area contributed by atoms with E-state index in [1.165, 1.54) is 30.0 Å². The highest BCUT2D eigenvalue weighted by Crippen LogP contribution is 2.26. The summed E-state index contributed by atoms with van der Waals surface area (Å²) in [5.41, 5.74) is -0.439. The number of ether oxygens (including phenoxy) is 1. The number of hydrogen-bond donors (Lipinski definition) is 1. The van der Waals surface area contributed by atoms with Gasteiger partial charge in [-0.05, 0) is 60.0 Å². The number of nitrogens with zero attached hydrogens (tertiary/aromatic N) is 4. The summed E-state index contributed by atoms with van der Waals surface area (Å²) in [4.78, 5) is 33.5. The van der Waals surface area contributed by atoms with Crippen LogP contribution in [0.2, 0.25) is 0 Å². The average Bonchev–Trinajstić information content (AvgIpc) is 2.76. The summed E-state index contributed by atoms with van der Waals surface area (Å²) < 4.78 is 21.4. The fourth-order valence-electron chi connectivity index (χ4n) is 3.11. The van der Waals surface area contributed by atoms with Gasteiger partial charge in [0.15, 0.2) is 0 Å². The molecular weight excluding hydrogens is 431 g/mol.